The number of hydrogen-bond acceptors (Lipinski definition) is 3. The quantitative estimate of drug-likeness (QED) is 0.504. The zero-order valence-electron chi connectivity index (χ0n) is 16.7. The highest BCUT2D eigenvalue weighted by atomic mass is 16.5. The number of aromatic hydroxyl groups is 1. The Labute approximate surface area is 166 Å². The minimum Gasteiger partial charge on any atom is -0.508 e. The van der Waals surface area contributed by atoms with Crippen LogP contribution in [0.15, 0.2) is 66.9 Å². The van der Waals surface area contributed by atoms with Crippen LogP contribution in [0.5, 0.6) is 11.5 Å². The fourth-order valence-corrected chi connectivity index (χ4v) is 3.83. The first-order valence-electron chi connectivity index (χ1n) is 9.64. The predicted octanol–water partition coefficient (Wildman–Crippen LogP) is 5.21. The molecular formula is C24H29NO3. The summed E-state index contributed by atoms with van der Waals surface area (Å²) in [5, 5.41) is 20.8. The Bertz CT molecular complexity index is 852. The lowest BCUT2D eigenvalue weighted by atomic mass is 9.69. The Balaban J connectivity index is 1.84. The lowest BCUT2D eigenvalue weighted by Gasteiger charge is -2.37. The van der Waals surface area contributed by atoms with Gasteiger partial charge in [0.15, 0.2) is 0 Å². The number of aryl methyl sites for hydroxylation is 1. The highest BCUT2D eigenvalue weighted by Gasteiger charge is 2.37. The summed E-state index contributed by atoms with van der Waals surface area (Å²) >= 11 is 0. The normalized spacial score (nSPS) is 13.9. The van der Waals surface area contributed by atoms with E-state index in [-0.39, 0.29) is 17.1 Å². The summed E-state index contributed by atoms with van der Waals surface area (Å²) in [7, 11) is 1.64. The number of rotatable bonds is 8. The van der Waals surface area contributed by atoms with Gasteiger partial charge in [-0.15, -0.1) is 0 Å². The van der Waals surface area contributed by atoms with Gasteiger partial charge in [0.05, 0.1) is 13.2 Å². The maximum atomic E-state index is 11.3. The highest BCUT2D eigenvalue weighted by molar-refractivity contribution is 5.31. The minimum absolute atomic E-state index is 0.0898. The van der Waals surface area contributed by atoms with E-state index >= 15 is 0 Å². The van der Waals surface area contributed by atoms with Crippen LogP contribution in [-0.2, 0) is 6.42 Å². The van der Waals surface area contributed by atoms with Crippen molar-refractivity contribution in [3.8, 4) is 11.5 Å². The largest absolute Gasteiger partial charge is 0.508 e. The number of H-pyrrole nitrogens is 1. The molecule has 0 radical (unpaired) electrons. The number of aromatic amines is 1. The molecular weight excluding hydrogens is 350 g/mol. The lowest BCUT2D eigenvalue weighted by molar-refractivity contribution is 0.0742. The number of methoxy groups -OCH3 is 1. The fraction of sp³-hybridized carbons (Fsp3) is 0.333. The molecule has 0 fully saturated rings. The number of phenols is 1. The molecule has 0 aliphatic heterocycles. The summed E-state index contributed by atoms with van der Waals surface area (Å²) in [5.74, 6) is 0.967. The Morgan fingerprint density at radius 1 is 1.00 bits per heavy atom. The molecule has 0 saturated carbocycles. The van der Waals surface area contributed by atoms with Crippen LogP contribution < -0.4 is 4.74 Å². The van der Waals surface area contributed by atoms with Crippen molar-refractivity contribution < 1.29 is 14.9 Å². The average Bonchev–Trinajstić information content (AvgIpc) is 3.21. The van der Waals surface area contributed by atoms with E-state index in [2.05, 4.69) is 18.8 Å². The number of ether oxygens (including phenoxy) is 1. The summed E-state index contributed by atoms with van der Waals surface area (Å²) in [4.78, 5) is 3.30. The second-order valence-electron chi connectivity index (χ2n) is 7.98. The maximum absolute atomic E-state index is 11.3. The molecule has 148 valence electrons. The van der Waals surface area contributed by atoms with E-state index in [0.717, 1.165) is 29.8 Å². The predicted molar refractivity (Wildman–Crippen MR) is 112 cm³/mol. The van der Waals surface area contributed by atoms with Gasteiger partial charge in [-0.1, -0.05) is 38.1 Å². The van der Waals surface area contributed by atoms with Gasteiger partial charge in [-0.25, -0.2) is 0 Å². The standard InChI is InChI=1S/C24H29NO3/c1-24(2,15-14-17-6-10-19(26)11-7-17)22(21-5-4-16-25-21)23(27)18-8-12-20(28-3)13-9-18/h4-13,16,22-23,25-27H,14-15H2,1-3H3. The summed E-state index contributed by atoms with van der Waals surface area (Å²) in [6.07, 6.45) is 3.03. The van der Waals surface area contributed by atoms with Crippen LogP contribution in [-0.4, -0.2) is 22.3 Å². The van der Waals surface area contributed by atoms with E-state index in [1.807, 2.05) is 54.7 Å². The van der Waals surface area contributed by atoms with Crippen LogP contribution in [0.4, 0.5) is 0 Å². The zero-order chi connectivity index (χ0) is 20.1. The summed E-state index contributed by atoms with van der Waals surface area (Å²) in [5.41, 5.74) is 2.91. The summed E-state index contributed by atoms with van der Waals surface area (Å²) < 4.78 is 5.24. The van der Waals surface area contributed by atoms with Gasteiger partial charge in [0.2, 0.25) is 0 Å². The molecule has 4 nitrogen and oxygen atoms in total. The number of benzene rings is 2. The van der Waals surface area contributed by atoms with Crippen LogP contribution in [0.3, 0.4) is 0 Å². The number of aromatic nitrogens is 1. The first kappa shape index (κ1) is 20.0. The summed E-state index contributed by atoms with van der Waals surface area (Å²) in [6, 6.07) is 19.0. The molecule has 0 bridgehead atoms. The van der Waals surface area contributed by atoms with Crippen molar-refractivity contribution in [1.29, 1.82) is 0 Å². The Kier molecular flexibility index (Phi) is 6.10. The molecule has 0 aliphatic carbocycles. The monoisotopic (exact) mass is 379 g/mol. The van der Waals surface area contributed by atoms with Gasteiger partial charge in [-0.2, -0.15) is 0 Å². The first-order valence-corrected chi connectivity index (χ1v) is 9.64. The van der Waals surface area contributed by atoms with Crippen LogP contribution in [0.25, 0.3) is 0 Å². The lowest BCUT2D eigenvalue weighted by Crippen LogP contribution is -2.29. The first-order chi connectivity index (χ1) is 13.4. The van der Waals surface area contributed by atoms with Crippen molar-refractivity contribution >= 4 is 0 Å². The van der Waals surface area contributed by atoms with Gasteiger partial charge in [0.25, 0.3) is 0 Å². The van der Waals surface area contributed by atoms with Crippen molar-refractivity contribution in [3.63, 3.8) is 0 Å². The van der Waals surface area contributed by atoms with Gasteiger partial charge in [-0.05, 0) is 65.8 Å². The molecule has 0 saturated heterocycles. The van der Waals surface area contributed by atoms with Crippen LogP contribution in [0, 0.1) is 5.41 Å². The molecule has 1 aromatic heterocycles. The SMILES string of the molecule is COc1ccc(C(O)C(c2ccc[nH]2)C(C)(C)CCc2ccc(O)cc2)cc1. The Hall–Kier alpha value is -2.72. The fourth-order valence-electron chi connectivity index (χ4n) is 3.83. The third-order valence-electron chi connectivity index (χ3n) is 5.57. The van der Waals surface area contributed by atoms with E-state index < -0.39 is 6.10 Å². The van der Waals surface area contributed by atoms with Gasteiger partial charge in [-0.3, -0.25) is 0 Å². The number of aliphatic hydroxyl groups is 1. The average molecular weight is 380 g/mol. The van der Waals surface area contributed by atoms with Crippen molar-refractivity contribution in [1.82, 2.24) is 4.98 Å². The molecule has 4 heteroatoms. The van der Waals surface area contributed by atoms with Crippen molar-refractivity contribution in [2.24, 2.45) is 5.41 Å². The highest BCUT2D eigenvalue weighted by Crippen LogP contribution is 2.46. The molecule has 1 heterocycles. The smallest absolute Gasteiger partial charge is 0.118 e. The number of aliphatic hydroxyl groups excluding tert-OH is 1. The maximum Gasteiger partial charge on any atom is 0.118 e. The minimum atomic E-state index is -0.639. The van der Waals surface area contributed by atoms with E-state index in [4.69, 9.17) is 4.74 Å². The Morgan fingerprint density at radius 2 is 1.68 bits per heavy atom. The zero-order valence-corrected chi connectivity index (χ0v) is 16.7. The van der Waals surface area contributed by atoms with Crippen LogP contribution in [0.1, 0.15) is 49.1 Å². The third kappa shape index (κ3) is 4.57. The van der Waals surface area contributed by atoms with Gasteiger partial charge in [0, 0.05) is 17.8 Å². The van der Waals surface area contributed by atoms with Crippen molar-refractivity contribution in [3.05, 3.63) is 83.7 Å². The van der Waals surface area contributed by atoms with Crippen LogP contribution >= 0.6 is 0 Å². The van der Waals surface area contributed by atoms with Crippen molar-refractivity contribution in [2.75, 3.05) is 7.11 Å². The molecule has 2 atom stereocenters. The number of hydrogen-bond donors (Lipinski definition) is 3. The molecule has 0 aliphatic rings. The number of nitrogens with one attached hydrogen (secondary N) is 1. The molecule has 2 aromatic carbocycles. The van der Waals surface area contributed by atoms with E-state index in [1.165, 1.54) is 5.56 Å². The second kappa shape index (κ2) is 8.53. The Morgan fingerprint density at radius 3 is 2.25 bits per heavy atom. The molecule has 0 amide bonds. The van der Waals surface area contributed by atoms with Crippen molar-refractivity contribution in [2.45, 2.75) is 38.7 Å². The van der Waals surface area contributed by atoms with E-state index in [1.54, 1.807) is 19.2 Å². The molecule has 2 unspecified atom stereocenters. The topological polar surface area (TPSA) is 65.5 Å². The second-order valence-corrected chi connectivity index (χ2v) is 7.98. The summed E-state index contributed by atoms with van der Waals surface area (Å²) in [6.45, 7) is 4.40. The molecule has 0 spiro atoms. The molecule has 3 aromatic rings. The molecule has 3 rings (SSSR count). The molecule has 28 heavy (non-hydrogen) atoms. The van der Waals surface area contributed by atoms with Gasteiger partial charge in [0.1, 0.15) is 11.5 Å². The van der Waals surface area contributed by atoms with E-state index in [0.29, 0.717) is 0 Å². The number of phenolic OH excluding ortho intramolecular Hbond substituents is 1. The van der Waals surface area contributed by atoms with E-state index in [9.17, 15) is 10.2 Å². The van der Waals surface area contributed by atoms with Gasteiger partial charge < -0.3 is 19.9 Å². The molecule has 3 N–H and O–H groups in total. The third-order valence-corrected chi connectivity index (χ3v) is 5.57. The van der Waals surface area contributed by atoms with Crippen LogP contribution in [0.2, 0.25) is 0 Å². The van der Waals surface area contributed by atoms with Gasteiger partial charge >= 0.3 is 0 Å².